The first kappa shape index (κ1) is 12.0. The van der Waals surface area contributed by atoms with E-state index in [2.05, 4.69) is 10.3 Å². The maximum atomic E-state index is 12.0. The number of carbonyl (C=O) groups is 1. The third-order valence-corrected chi connectivity index (χ3v) is 2.81. The molecule has 0 spiro atoms. The molecule has 0 atom stereocenters. The normalized spacial score (nSPS) is 10.6. The van der Waals surface area contributed by atoms with Crippen LogP contribution in [0.25, 0.3) is 11.1 Å². The van der Waals surface area contributed by atoms with Crippen LogP contribution in [0.2, 0.25) is 0 Å². The molecule has 3 rings (SSSR count). The van der Waals surface area contributed by atoms with Gasteiger partial charge in [-0.3, -0.25) is 10.1 Å². The Balaban J connectivity index is 1.85. The number of aromatic nitrogens is 1. The number of hydrogen-bond acceptors (Lipinski definition) is 5. The van der Waals surface area contributed by atoms with Crippen LogP contribution in [0.3, 0.4) is 0 Å². The summed E-state index contributed by atoms with van der Waals surface area (Å²) in [5.41, 5.74) is 14.0. The summed E-state index contributed by atoms with van der Waals surface area (Å²) >= 11 is 0. The number of nitrogens with one attached hydrogen (secondary N) is 1. The first-order valence-electron chi connectivity index (χ1n) is 5.95. The number of nitrogen functional groups attached to an aromatic ring is 2. The summed E-state index contributed by atoms with van der Waals surface area (Å²) in [7, 11) is 0. The van der Waals surface area contributed by atoms with Gasteiger partial charge < -0.3 is 15.9 Å². The van der Waals surface area contributed by atoms with Gasteiger partial charge in [0.15, 0.2) is 5.58 Å². The minimum atomic E-state index is -0.315. The molecule has 0 fully saturated rings. The van der Waals surface area contributed by atoms with Gasteiger partial charge in [-0.25, -0.2) is 0 Å². The lowest BCUT2D eigenvalue weighted by atomic mass is 10.2. The van der Waals surface area contributed by atoms with Crippen molar-refractivity contribution < 1.29 is 9.21 Å². The Labute approximate surface area is 114 Å². The molecule has 3 aromatic rings. The Morgan fingerprint density at radius 2 is 1.75 bits per heavy atom. The lowest BCUT2D eigenvalue weighted by Gasteiger charge is -2.00. The number of hydrogen-bond donors (Lipinski definition) is 3. The molecular formula is C14H12N4O2. The van der Waals surface area contributed by atoms with Gasteiger partial charge in [0.1, 0.15) is 5.52 Å². The Morgan fingerprint density at radius 1 is 1.05 bits per heavy atom. The largest absolute Gasteiger partial charge is 0.423 e. The fraction of sp³-hybridized carbons (Fsp3) is 0. The van der Waals surface area contributed by atoms with E-state index in [1.807, 2.05) is 0 Å². The van der Waals surface area contributed by atoms with Crippen molar-refractivity contribution >= 4 is 34.4 Å². The van der Waals surface area contributed by atoms with Gasteiger partial charge in [0.05, 0.1) is 0 Å². The van der Waals surface area contributed by atoms with Crippen LogP contribution in [0.5, 0.6) is 0 Å². The number of fused-ring (bicyclic) bond motifs is 1. The van der Waals surface area contributed by atoms with Gasteiger partial charge >= 0.3 is 6.01 Å². The molecule has 6 heteroatoms. The molecule has 0 unspecified atom stereocenters. The number of nitrogens with two attached hydrogens (primary N) is 2. The monoisotopic (exact) mass is 268 g/mol. The molecule has 0 aliphatic heterocycles. The Kier molecular flexibility index (Phi) is 2.76. The number of carbonyl (C=O) groups excluding carboxylic acids is 1. The van der Waals surface area contributed by atoms with Crippen molar-refractivity contribution in [1.29, 1.82) is 0 Å². The zero-order valence-corrected chi connectivity index (χ0v) is 10.5. The molecule has 5 N–H and O–H groups in total. The van der Waals surface area contributed by atoms with Crippen molar-refractivity contribution in [3.8, 4) is 0 Å². The fourth-order valence-electron chi connectivity index (χ4n) is 1.80. The molecule has 0 saturated heterocycles. The van der Waals surface area contributed by atoms with E-state index in [-0.39, 0.29) is 11.9 Å². The lowest BCUT2D eigenvalue weighted by Crippen LogP contribution is -2.11. The van der Waals surface area contributed by atoms with E-state index in [1.54, 1.807) is 42.5 Å². The average molecular weight is 268 g/mol. The quantitative estimate of drug-likeness (QED) is 0.618. The molecule has 1 aromatic heterocycles. The van der Waals surface area contributed by atoms with Crippen LogP contribution in [-0.4, -0.2) is 10.9 Å². The zero-order chi connectivity index (χ0) is 14.1. The van der Waals surface area contributed by atoms with Crippen molar-refractivity contribution in [2.75, 3.05) is 16.8 Å². The van der Waals surface area contributed by atoms with E-state index in [0.717, 1.165) is 0 Å². The summed E-state index contributed by atoms with van der Waals surface area (Å²) in [4.78, 5) is 16.2. The van der Waals surface area contributed by atoms with Crippen LogP contribution in [-0.2, 0) is 0 Å². The second-order valence-corrected chi connectivity index (χ2v) is 4.32. The molecule has 0 radical (unpaired) electrons. The SMILES string of the molecule is Nc1ccc(C(=O)Nc2nc3ccc(N)cc3o2)cc1. The highest BCUT2D eigenvalue weighted by Gasteiger charge is 2.11. The van der Waals surface area contributed by atoms with Crippen LogP contribution < -0.4 is 16.8 Å². The first-order chi connectivity index (χ1) is 9.61. The smallest absolute Gasteiger partial charge is 0.302 e. The van der Waals surface area contributed by atoms with Gasteiger partial charge in [0.25, 0.3) is 5.91 Å². The molecule has 6 nitrogen and oxygen atoms in total. The minimum Gasteiger partial charge on any atom is -0.423 e. The number of rotatable bonds is 2. The predicted octanol–water partition coefficient (Wildman–Crippen LogP) is 2.24. The zero-order valence-electron chi connectivity index (χ0n) is 10.5. The van der Waals surface area contributed by atoms with Crippen molar-refractivity contribution in [2.45, 2.75) is 0 Å². The van der Waals surface area contributed by atoms with Crippen LogP contribution >= 0.6 is 0 Å². The Morgan fingerprint density at radius 3 is 2.50 bits per heavy atom. The van der Waals surface area contributed by atoms with Gasteiger partial charge in [-0.15, -0.1) is 0 Å². The van der Waals surface area contributed by atoms with Gasteiger partial charge in [-0.05, 0) is 36.4 Å². The molecule has 1 heterocycles. The second-order valence-electron chi connectivity index (χ2n) is 4.32. The highest BCUT2D eigenvalue weighted by atomic mass is 16.4. The molecule has 0 aliphatic rings. The third kappa shape index (κ3) is 2.26. The van der Waals surface area contributed by atoms with Crippen molar-refractivity contribution in [2.24, 2.45) is 0 Å². The lowest BCUT2D eigenvalue weighted by molar-refractivity contribution is 0.102. The first-order valence-corrected chi connectivity index (χ1v) is 5.95. The molecule has 0 saturated carbocycles. The summed E-state index contributed by atoms with van der Waals surface area (Å²) in [5.74, 6) is -0.315. The molecule has 100 valence electrons. The molecule has 20 heavy (non-hydrogen) atoms. The number of oxazole rings is 1. The summed E-state index contributed by atoms with van der Waals surface area (Å²) in [6, 6.07) is 11.8. The highest BCUT2D eigenvalue weighted by Crippen LogP contribution is 2.21. The van der Waals surface area contributed by atoms with Crippen molar-refractivity contribution in [3.63, 3.8) is 0 Å². The molecule has 0 aliphatic carbocycles. The number of anilines is 3. The minimum absolute atomic E-state index is 0.132. The van der Waals surface area contributed by atoms with Gasteiger partial charge in [0, 0.05) is 23.0 Å². The van der Waals surface area contributed by atoms with Crippen molar-refractivity contribution in [1.82, 2.24) is 4.98 Å². The van der Waals surface area contributed by atoms with E-state index >= 15 is 0 Å². The maximum Gasteiger partial charge on any atom is 0.302 e. The number of nitrogens with zero attached hydrogens (tertiary/aromatic N) is 1. The second kappa shape index (κ2) is 4.58. The summed E-state index contributed by atoms with van der Waals surface area (Å²) in [6.45, 7) is 0. The summed E-state index contributed by atoms with van der Waals surface area (Å²) in [5, 5.41) is 2.59. The van der Waals surface area contributed by atoms with Crippen LogP contribution in [0.4, 0.5) is 17.4 Å². The Hall–Kier alpha value is -3.02. The highest BCUT2D eigenvalue weighted by molar-refractivity contribution is 6.03. The Bertz CT molecular complexity index is 777. The van der Waals surface area contributed by atoms with Gasteiger partial charge in [-0.2, -0.15) is 4.98 Å². The predicted molar refractivity (Wildman–Crippen MR) is 77.2 cm³/mol. The standard InChI is InChI=1S/C14H12N4O2/c15-9-3-1-8(2-4-9)13(19)18-14-17-11-6-5-10(16)7-12(11)20-14/h1-7H,15-16H2,(H,17,18,19). The van der Waals surface area contributed by atoms with Gasteiger partial charge in [-0.1, -0.05) is 0 Å². The fourth-order valence-corrected chi connectivity index (χ4v) is 1.80. The molecular weight excluding hydrogens is 256 g/mol. The third-order valence-electron chi connectivity index (χ3n) is 2.81. The summed E-state index contributed by atoms with van der Waals surface area (Å²) in [6.07, 6.45) is 0. The molecule has 1 amide bonds. The van der Waals surface area contributed by atoms with Crippen molar-refractivity contribution in [3.05, 3.63) is 48.0 Å². The topological polar surface area (TPSA) is 107 Å². The van der Waals surface area contributed by atoms with E-state index in [0.29, 0.717) is 28.0 Å². The van der Waals surface area contributed by atoms with Crippen LogP contribution in [0.15, 0.2) is 46.9 Å². The molecule has 0 bridgehead atoms. The van der Waals surface area contributed by atoms with E-state index in [1.165, 1.54) is 0 Å². The summed E-state index contributed by atoms with van der Waals surface area (Å²) < 4.78 is 5.42. The van der Waals surface area contributed by atoms with Gasteiger partial charge in [0.2, 0.25) is 0 Å². The average Bonchev–Trinajstić information content (AvgIpc) is 2.80. The van der Waals surface area contributed by atoms with Crippen LogP contribution in [0, 0.1) is 0 Å². The number of benzene rings is 2. The van der Waals surface area contributed by atoms with E-state index in [4.69, 9.17) is 15.9 Å². The molecule has 2 aromatic carbocycles. The van der Waals surface area contributed by atoms with E-state index in [9.17, 15) is 4.79 Å². The van der Waals surface area contributed by atoms with Crippen LogP contribution in [0.1, 0.15) is 10.4 Å². The van der Waals surface area contributed by atoms with E-state index < -0.39 is 0 Å². The number of amides is 1. The maximum absolute atomic E-state index is 12.0.